The topological polar surface area (TPSA) is 81.3 Å². The van der Waals surface area contributed by atoms with Gasteiger partial charge in [0, 0.05) is 13.1 Å². The van der Waals surface area contributed by atoms with E-state index in [1.807, 2.05) is 0 Å². The molecule has 1 heterocycles. The van der Waals surface area contributed by atoms with Gasteiger partial charge < -0.3 is 15.0 Å². The summed E-state index contributed by atoms with van der Waals surface area (Å²) in [7, 11) is 1.81. The number of nitrogens with zero attached hydrogens (tertiary/aromatic N) is 4. The van der Waals surface area contributed by atoms with E-state index in [4.69, 9.17) is 0 Å². The van der Waals surface area contributed by atoms with Crippen molar-refractivity contribution in [3.05, 3.63) is 20.3 Å². The van der Waals surface area contributed by atoms with E-state index < -0.39 is 4.92 Å². The van der Waals surface area contributed by atoms with Crippen molar-refractivity contribution in [3.8, 4) is 0 Å². The van der Waals surface area contributed by atoms with Crippen molar-refractivity contribution >= 4 is 27.7 Å². The highest BCUT2D eigenvalue weighted by Crippen LogP contribution is 2.27. The summed E-state index contributed by atoms with van der Waals surface area (Å²) in [5.74, 6) is -0.310. The number of nitro groups is 1. The third kappa shape index (κ3) is 3.42. The Morgan fingerprint density at radius 2 is 2.10 bits per heavy atom. The molecule has 0 unspecified atom stereocenters. The molecule has 2 rings (SSSR count). The average molecular weight is 359 g/mol. The van der Waals surface area contributed by atoms with E-state index in [0.29, 0.717) is 10.2 Å². The number of amides is 1. The zero-order valence-corrected chi connectivity index (χ0v) is 13.8. The molecule has 0 radical (unpaired) electrons. The van der Waals surface area contributed by atoms with Gasteiger partial charge in [-0.3, -0.25) is 4.79 Å². The summed E-state index contributed by atoms with van der Waals surface area (Å²) in [5.41, 5.74) is 0.590. The van der Waals surface area contributed by atoms with Gasteiger partial charge in [0.1, 0.15) is 11.0 Å². The Bertz CT molecular complexity index is 552. The minimum atomic E-state index is -0.553. The van der Waals surface area contributed by atoms with Crippen LogP contribution in [0, 0.1) is 17.0 Å². The SMILES string of the molecule is Cc1c(Br)c([N+](=O)[O-])nn1CC(=O)N(C)C1CCCCC1. The van der Waals surface area contributed by atoms with Gasteiger partial charge >= 0.3 is 5.82 Å². The van der Waals surface area contributed by atoms with Gasteiger partial charge in [-0.05, 0) is 40.6 Å². The molecule has 0 aliphatic heterocycles. The number of halogens is 1. The molecule has 1 amide bonds. The van der Waals surface area contributed by atoms with E-state index in [1.54, 1.807) is 18.9 Å². The maximum Gasteiger partial charge on any atom is 0.404 e. The van der Waals surface area contributed by atoms with Gasteiger partial charge in [0.05, 0.1) is 10.8 Å². The summed E-state index contributed by atoms with van der Waals surface area (Å²) in [6.45, 7) is 1.74. The smallest absolute Gasteiger partial charge is 0.358 e. The van der Waals surface area contributed by atoms with Crippen LogP contribution in [0.3, 0.4) is 0 Å². The van der Waals surface area contributed by atoms with Crippen LogP contribution >= 0.6 is 15.9 Å². The molecule has 116 valence electrons. The molecule has 1 saturated carbocycles. The molecule has 0 bridgehead atoms. The predicted molar refractivity (Wildman–Crippen MR) is 81.0 cm³/mol. The van der Waals surface area contributed by atoms with E-state index in [9.17, 15) is 14.9 Å². The van der Waals surface area contributed by atoms with Crippen LogP contribution in [0.5, 0.6) is 0 Å². The van der Waals surface area contributed by atoms with Crippen LogP contribution in [0.1, 0.15) is 37.8 Å². The molecule has 1 aromatic rings. The first-order valence-corrected chi connectivity index (χ1v) is 7.84. The molecule has 0 N–H and O–H groups in total. The van der Waals surface area contributed by atoms with Crippen molar-refractivity contribution < 1.29 is 9.72 Å². The second-order valence-electron chi connectivity index (χ2n) is 5.43. The van der Waals surface area contributed by atoms with Gasteiger partial charge in [-0.15, -0.1) is 0 Å². The lowest BCUT2D eigenvalue weighted by atomic mass is 9.94. The van der Waals surface area contributed by atoms with Gasteiger partial charge in [-0.2, -0.15) is 4.68 Å². The largest absolute Gasteiger partial charge is 0.404 e. The fourth-order valence-corrected chi connectivity index (χ4v) is 3.12. The lowest BCUT2D eigenvalue weighted by Crippen LogP contribution is -2.40. The zero-order chi connectivity index (χ0) is 15.6. The molecule has 1 aliphatic carbocycles. The van der Waals surface area contributed by atoms with Crippen molar-refractivity contribution in [2.24, 2.45) is 0 Å². The molecule has 7 nitrogen and oxygen atoms in total. The Balaban J connectivity index is 2.08. The number of likely N-dealkylation sites (N-methyl/N-ethyl adjacent to an activating group) is 1. The van der Waals surface area contributed by atoms with E-state index in [1.165, 1.54) is 11.1 Å². The van der Waals surface area contributed by atoms with E-state index in [0.717, 1.165) is 25.7 Å². The Kier molecular flexibility index (Phi) is 4.97. The highest BCUT2D eigenvalue weighted by Gasteiger charge is 2.27. The lowest BCUT2D eigenvalue weighted by Gasteiger charge is -2.31. The van der Waals surface area contributed by atoms with Gasteiger partial charge in [0.15, 0.2) is 0 Å². The summed E-state index contributed by atoms with van der Waals surface area (Å²) in [4.78, 5) is 24.4. The molecule has 1 fully saturated rings. The molecule has 0 atom stereocenters. The van der Waals surface area contributed by atoms with Crippen molar-refractivity contribution in [3.63, 3.8) is 0 Å². The van der Waals surface area contributed by atoms with E-state index >= 15 is 0 Å². The number of carbonyl (C=O) groups is 1. The van der Waals surface area contributed by atoms with Crippen LogP contribution in [0.4, 0.5) is 5.82 Å². The van der Waals surface area contributed by atoms with Crippen LogP contribution in [-0.4, -0.2) is 38.6 Å². The number of rotatable bonds is 4. The molecule has 0 saturated heterocycles. The van der Waals surface area contributed by atoms with Crippen LogP contribution in [0.2, 0.25) is 0 Å². The van der Waals surface area contributed by atoms with Crippen LogP contribution in [-0.2, 0) is 11.3 Å². The first-order valence-electron chi connectivity index (χ1n) is 7.04. The van der Waals surface area contributed by atoms with Crippen molar-refractivity contribution in [1.29, 1.82) is 0 Å². The quantitative estimate of drug-likeness (QED) is 0.611. The Labute approximate surface area is 131 Å². The second-order valence-corrected chi connectivity index (χ2v) is 6.23. The first kappa shape index (κ1) is 15.9. The molecule has 0 aromatic carbocycles. The Morgan fingerprint density at radius 3 is 2.62 bits per heavy atom. The minimum absolute atomic E-state index is 0.0330. The average Bonchev–Trinajstić information content (AvgIpc) is 2.76. The van der Waals surface area contributed by atoms with Gasteiger partial charge in [-0.25, -0.2) is 0 Å². The third-order valence-corrected chi connectivity index (χ3v) is 5.02. The number of hydrogen-bond acceptors (Lipinski definition) is 4. The number of hydrogen-bond donors (Lipinski definition) is 0. The van der Waals surface area contributed by atoms with E-state index in [-0.39, 0.29) is 24.3 Å². The summed E-state index contributed by atoms with van der Waals surface area (Å²) < 4.78 is 1.73. The standard InChI is InChI=1S/C13H19BrN4O3/c1-9-12(14)13(18(20)21)15-17(9)8-11(19)16(2)10-6-4-3-5-7-10/h10H,3-8H2,1-2H3. The van der Waals surface area contributed by atoms with Crippen molar-refractivity contribution in [2.75, 3.05) is 7.05 Å². The third-order valence-electron chi connectivity index (χ3n) is 4.09. The predicted octanol–water partition coefficient (Wildman–Crippen LogP) is 2.65. The summed E-state index contributed by atoms with van der Waals surface area (Å²) in [6.07, 6.45) is 5.60. The molecule has 8 heteroatoms. The van der Waals surface area contributed by atoms with Crippen molar-refractivity contribution in [1.82, 2.24) is 14.7 Å². The second kappa shape index (κ2) is 6.55. The minimum Gasteiger partial charge on any atom is -0.358 e. The first-order chi connectivity index (χ1) is 9.91. The van der Waals surface area contributed by atoms with Crippen LogP contribution in [0.25, 0.3) is 0 Å². The summed E-state index contributed by atoms with van der Waals surface area (Å²) in [5, 5.41) is 14.8. The molecule has 0 spiro atoms. The Hall–Kier alpha value is -1.44. The van der Waals surface area contributed by atoms with Crippen LogP contribution in [0.15, 0.2) is 4.47 Å². The zero-order valence-electron chi connectivity index (χ0n) is 12.2. The van der Waals surface area contributed by atoms with Gasteiger partial charge in [-0.1, -0.05) is 19.3 Å². The van der Waals surface area contributed by atoms with E-state index in [2.05, 4.69) is 21.0 Å². The summed E-state index contributed by atoms with van der Waals surface area (Å²) in [6, 6.07) is 0.278. The maximum atomic E-state index is 12.3. The lowest BCUT2D eigenvalue weighted by molar-refractivity contribution is -0.390. The molecular formula is C13H19BrN4O3. The molecular weight excluding hydrogens is 340 g/mol. The fourth-order valence-electron chi connectivity index (χ4n) is 2.69. The highest BCUT2D eigenvalue weighted by atomic mass is 79.9. The number of carbonyl (C=O) groups excluding carboxylic acids is 1. The Morgan fingerprint density at radius 1 is 1.48 bits per heavy atom. The maximum absolute atomic E-state index is 12.3. The van der Waals surface area contributed by atoms with Gasteiger partial charge in [0.2, 0.25) is 5.91 Å². The normalized spacial score (nSPS) is 16.0. The highest BCUT2D eigenvalue weighted by molar-refractivity contribution is 9.10. The van der Waals surface area contributed by atoms with Crippen LogP contribution < -0.4 is 0 Å². The monoisotopic (exact) mass is 358 g/mol. The summed E-state index contributed by atoms with van der Waals surface area (Å²) >= 11 is 3.16. The fraction of sp³-hybridized carbons (Fsp3) is 0.692. The number of aromatic nitrogens is 2. The molecule has 1 aromatic heterocycles. The van der Waals surface area contributed by atoms with Crippen molar-refractivity contribution in [2.45, 2.75) is 51.6 Å². The van der Waals surface area contributed by atoms with Gasteiger partial charge in [0.25, 0.3) is 0 Å². The molecule has 1 aliphatic rings. The molecule has 21 heavy (non-hydrogen) atoms.